The first-order chi connectivity index (χ1) is 3.88. The van der Waals surface area contributed by atoms with Crippen molar-refractivity contribution < 1.29 is 0 Å². The van der Waals surface area contributed by atoms with E-state index in [0.717, 1.165) is 18.0 Å². The fourth-order valence-electron chi connectivity index (χ4n) is 1.73. The summed E-state index contributed by atoms with van der Waals surface area (Å²) in [4.78, 5) is 0. The van der Waals surface area contributed by atoms with Crippen molar-refractivity contribution in [3.63, 3.8) is 0 Å². The van der Waals surface area contributed by atoms with Crippen LogP contribution in [-0.4, -0.2) is 25.2 Å². The first-order valence-corrected chi connectivity index (χ1v) is 3.34. The van der Waals surface area contributed by atoms with E-state index in [2.05, 4.69) is 17.6 Å². The summed E-state index contributed by atoms with van der Waals surface area (Å²) < 4.78 is 0. The minimum Gasteiger partial charge on any atom is -0.311 e. The van der Waals surface area contributed by atoms with Gasteiger partial charge in [-0.3, -0.25) is 0 Å². The van der Waals surface area contributed by atoms with Gasteiger partial charge in [0.1, 0.15) is 0 Å². The van der Waals surface area contributed by atoms with Gasteiger partial charge in [0.15, 0.2) is 0 Å². The topological polar surface area (TPSA) is 24.1 Å². The summed E-state index contributed by atoms with van der Waals surface area (Å²) in [5, 5.41) is 6.89. The van der Waals surface area contributed by atoms with Crippen molar-refractivity contribution in [2.24, 2.45) is 5.92 Å². The maximum absolute atomic E-state index is 3.44. The van der Waals surface area contributed by atoms with Crippen molar-refractivity contribution in [2.45, 2.75) is 19.0 Å². The van der Waals surface area contributed by atoms with Crippen LogP contribution < -0.4 is 10.6 Å². The van der Waals surface area contributed by atoms with Gasteiger partial charge in [0.2, 0.25) is 0 Å². The van der Waals surface area contributed by atoms with Gasteiger partial charge in [0, 0.05) is 25.2 Å². The molecule has 0 aromatic carbocycles. The molecule has 0 aromatic heterocycles. The maximum Gasteiger partial charge on any atom is 0.0234 e. The Balaban J connectivity index is 2.16. The molecule has 0 aliphatic carbocycles. The molecular weight excluding hydrogens is 100 g/mol. The van der Waals surface area contributed by atoms with Gasteiger partial charge in [-0.1, -0.05) is 6.92 Å². The molecule has 2 rings (SSSR count). The third-order valence-corrected chi connectivity index (χ3v) is 2.47. The Morgan fingerprint density at radius 1 is 1.12 bits per heavy atom. The molecule has 2 heterocycles. The molecule has 2 saturated heterocycles. The van der Waals surface area contributed by atoms with Crippen LogP contribution in [0.25, 0.3) is 0 Å². The molecule has 0 unspecified atom stereocenters. The summed E-state index contributed by atoms with van der Waals surface area (Å²) in [5.41, 5.74) is 0. The van der Waals surface area contributed by atoms with Gasteiger partial charge >= 0.3 is 0 Å². The van der Waals surface area contributed by atoms with Crippen LogP contribution in [0.3, 0.4) is 0 Å². The molecule has 0 radical (unpaired) electrons. The Kier molecular flexibility index (Phi) is 0.866. The molecule has 2 nitrogen and oxygen atoms in total. The van der Waals surface area contributed by atoms with E-state index in [1.54, 1.807) is 0 Å². The van der Waals surface area contributed by atoms with E-state index >= 15 is 0 Å². The molecule has 8 heavy (non-hydrogen) atoms. The second kappa shape index (κ2) is 1.45. The lowest BCUT2D eigenvalue weighted by Gasteiger charge is -2.10. The molecule has 2 heteroatoms. The molecule has 0 saturated carbocycles. The third kappa shape index (κ3) is 0.446. The quantitative estimate of drug-likeness (QED) is 0.444. The third-order valence-electron chi connectivity index (χ3n) is 2.47. The summed E-state index contributed by atoms with van der Waals surface area (Å²) in [7, 11) is 0. The summed E-state index contributed by atoms with van der Waals surface area (Å²) in [6.07, 6.45) is 0. The maximum atomic E-state index is 3.44. The zero-order valence-corrected chi connectivity index (χ0v) is 5.15. The highest BCUT2D eigenvalue weighted by Crippen LogP contribution is 2.20. The van der Waals surface area contributed by atoms with E-state index in [-0.39, 0.29) is 0 Å². The number of rotatable bonds is 0. The lowest BCUT2D eigenvalue weighted by molar-refractivity contribution is 0.528. The van der Waals surface area contributed by atoms with Crippen LogP contribution in [-0.2, 0) is 0 Å². The first kappa shape index (κ1) is 4.77. The van der Waals surface area contributed by atoms with E-state index in [1.165, 1.54) is 13.1 Å². The summed E-state index contributed by atoms with van der Waals surface area (Å²) in [6, 6.07) is 1.56. The van der Waals surface area contributed by atoms with Gasteiger partial charge in [0.25, 0.3) is 0 Å². The second-order valence-corrected chi connectivity index (χ2v) is 2.89. The fourth-order valence-corrected chi connectivity index (χ4v) is 1.73. The minimum atomic E-state index is 0.778. The van der Waals surface area contributed by atoms with Gasteiger partial charge in [0.05, 0.1) is 0 Å². The van der Waals surface area contributed by atoms with Crippen LogP contribution in [0.4, 0.5) is 0 Å². The number of fused-ring (bicyclic) bond motifs is 2. The highest BCUT2D eigenvalue weighted by molar-refractivity contribution is 4.99. The largest absolute Gasteiger partial charge is 0.311 e. The van der Waals surface area contributed by atoms with E-state index in [1.807, 2.05) is 0 Å². The average molecular weight is 112 g/mol. The summed E-state index contributed by atoms with van der Waals surface area (Å²) >= 11 is 0. The Morgan fingerprint density at radius 3 is 1.75 bits per heavy atom. The fraction of sp³-hybridized carbons (Fsp3) is 1.00. The molecule has 2 fully saturated rings. The van der Waals surface area contributed by atoms with Gasteiger partial charge in [-0.05, 0) is 5.92 Å². The zero-order chi connectivity index (χ0) is 5.56. The van der Waals surface area contributed by atoms with Gasteiger partial charge in [-0.15, -0.1) is 0 Å². The van der Waals surface area contributed by atoms with Crippen LogP contribution in [0.5, 0.6) is 0 Å². The zero-order valence-electron chi connectivity index (χ0n) is 5.15. The van der Waals surface area contributed by atoms with E-state index in [9.17, 15) is 0 Å². The second-order valence-electron chi connectivity index (χ2n) is 2.89. The van der Waals surface area contributed by atoms with Crippen molar-refractivity contribution in [2.75, 3.05) is 13.1 Å². The number of nitrogens with one attached hydrogen (secondary N) is 2. The molecule has 2 N–H and O–H groups in total. The molecule has 2 aliphatic rings. The lowest BCUT2D eigenvalue weighted by atomic mass is 10.1. The van der Waals surface area contributed by atoms with Gasteiger partial charge in [-0.2, -0.15) is 0 Å². The Bertz CT molecular complexity index is 82.7. The Labute approximate surface area is 49.7 Å². The molecule has 0 amide bonds. The molecule has 46 valence electrons. The molecule has 0 aromatic rings. The Morgan fingerprint density at radius 2 is 1.62 bits per heavy atom. The average Bonchev–Trinajstić information content (AvgIpc) is 2.29. The predicted octanol–water partition coefficient (Wildman–Crippen LogP) is -0.434. The molecule has 2 bridgehead atoms. The van der Waals surface area contributed by atoms with Crippen LogP contribution in [0.15, 0.2) is 0 Å². The molecule has 0 spiro atoms. The van der Waals surface area contributed by atoms with Crippen LogP contribution >= 0.6 is 0 Å². The molecular formula is C6H12N2. The Hall–Kier alpha value is -0.0800. The normalized spacial score (nSPS) is 52.9. The summed E-state index contributed by atoms with van der Waals surface area (Å²) in [6.45, 7) is 4.69. The van der Waals surface area contributed by atoms with Gasteiger partial charge < -0.3 is 10.6 Å². The lowest BCUT2D eigenvalue weighted by Crippen LogP contribution is -2.39. The smallest absolute Gasteiger partial charge is 0.0234 e. The van der Waals surface area contributed by atoms with Gasteiger partial charge in [-0.25, -0.2) is 0 Å². The number of hydrogen-bond acceptors (Lipinski definition) is 2. The van der Waals surface area contributed by atoms with E-state index in [0.29, 0.717) is 0 Å². The minimum absolute atomic E-state index is 0.778. The number of piperazine rings is 1. The van der Waals surface area contributed by atoms with E-state index in [4.69, 9.17) is 0 Å². The SMILES string of the molecule is CC1[C@@H]2CN[C@H]1CN2. The first-order valence-electron chi connectivity index (χ1n) is 3.34. The van der Waals surface area contributed by atoms with Crippen molar-refractivity contribution in [1.29, 1.82) is 0 Å². The highest BCUT2D eigenvalue weighted by atomic mass is 15.2. The highest BCUT2D eigenvalue weighted by Gasteiger charge is 2.37. The van der Waals surface area contributed by atoms with Crippen LogP contribution in [0, 0.1) is 5.92 Å². The monoisotopic (exact) mass is 112 g/mol. The van der Waals surface area contributed by atoms with Crippen molar-refractivity contribution in [3.05, 3.63) is 0 Å². The van der Waals surface area contributed by atoms with Crippen molar-refractivity contribution >= 4 is 0 Å². The summed E-state index contributed by atoms with van der Waals surface area (Å²) in [5.74, 6) is 0.870. The van der Waals surface area contributed by atoms with Crippen LogP contribution in [0.2, 0.25) is 0 Å². The van der Waals surface area contributed by atoms with Crippen molar-refractivity contribution in [1.82, 2.24) is 10.6 Å². The molecule has 2 atom stereocenters. The van der Waals surface area contributed by atoms with Crippen LogP contribution in [0.1, 0.15) is 6.92 Å². The van der Waals surface area contributed by atoms with Crippen molar-refractivity contribution in [3.8, 4) is 0 Å². The predicted molar refractivity (Wildman–Crippen MR) is 32.7 cm³/mol. The standard InChI is InChI=1S/C6H12N2/c1-4-5-2-7-6(4)3-8-5/h4-8H,2-3H2,1H3/t5-,6-/m0/s1. The number of hydrogen-bond donors (Lipinski definition) is 2. The van der Waals surface area contributed by atoms with E-state index < -0.39 is 0 Å². The molecule has 2 aliphatic heterocycles.